The summed E-state index contributed by atoms with van der Waals surface area (Å²) in [6.07, 6.45) is 53.8. The Morgan fingerprint density at radius 3 is 1.47 bits per heavy atom. The lowest BCUT2D eigenvalue weighted by Gasteiger charge is -2.20. The smallest absolute Gasteiger partial charge is 0.305 e. The minimum atomic E-state index is -0.867. The standard InChI is InChI=1S/C49H89NO5/c1-3-5-7-9-11-13-15-17-18-20-21-25-29-33-37-41-47(52)46(45-51)50-48(53)42-38-34-30-26-23-24-28-32-36-40-44-55-49(54)43-39-35-31-27-22-19-16-14-12-10-8-6-4-2/h8,10,14,16,24,28,37,41,46-47,51-52H,3-7,9,11-13,15,17-23,25-27,29-36,38-40,42-45H2,1-2H3,(H,50,53)/b10-8-,16-14-,28-24-,41-37+. The van der Waals surface area contributed by atoms with Crippen LogP contribution in [0.1, 0.15) is 226 Å². The monoisotopic (exact) mass is 772 g/mol. The molecule has 0 spiro atoms. The van der Waals surface area contributed by atoms with Crippen LogP contribution in [0.25, 0.3) is 0 Å². The largest absolute Gasteiger partial charge is 0.466 e. The SMILES string of the molecule is CCC/C=C\C/C=C\CCCCCCCC(=O)OCCCC/C=C\CCCCCCC(=O)NC(CO)C(O)/C=C/CCCCCCCCCCCCCCC. The molecule has 0 radical (unpaired) electrons. The van der Waals surface area contributed by atoms with Gasteiger partial charge in [-0.2, -0.15) is 0 Å². The van der Waals surface area contributed by atoms with Crippen LogP contribution >= 0.6 is 0 Å². The lowest BCUT2D eigenvalue weighted by Crippen LogP contribution is -2.45. The summed E-state index contributed by atoms with van der Waals surface area (Å²) in [7, 11) is 0. The van der Waals surface area contributed by atoms with Crippen molar-refractivity contribution in [3.8, 4) is 0 Å². The molecule has 6 nitrogen and oxygen atoms in total. The van der Waals surface area contributed by atoms with E-state index in [4.69, 9.17) is 4.74 Å². The number of hydrogen-bond donors (Lipinski definition) is 3. The third-order valence-corrected chi connectivity index (χ3v) is 10.3. The van der Waals surface area contributed by atoms with Crippen molar-refractivity contribution in [1.82, 2.24) is 5.32 Å². The first-order valence-corrected chi connectivity index (χ1v) is 23.4. The Bertz CT molecular complexity index is 942. The summed E-state index contributed by atoms with van der Waals surface area (Å²) in [6.45, 7) is 4.72. The summed E-state index contributed by atoms with van der Waals surface area (Å²) in [5, 5.41) is 23.0. The molecule has 0 heterocycles. The third kappa shape index (κ3) is 41.3. The minimum absolute atomic E-state index is 0.0550. The van der Waals surface area contributed by atoms with E-state index in [9.17, 15) is 19.8 Å². The van der Waals surface area contributed by atoms with E-state index in [1.54, 1.807) is 6.08 Å². The molecular weight excluding hydrogens is 683 g/mol. The molecule has 0 aromatic carbocycles. The maximum Gasteiger partial charge on any atom is 0.305 e. The maximum atomic E-state index is 12.4. The molecule has 320 valence electrons. The molecule has 2 unspecified atom stereocenters. The van der Waals surface area contributed by atoms with Crippen molar-refractivity contribution in [2.45, 2.75) is 238 Å². The van der Waals surface area contributed by atoms with Crippen LogP contribution in [0.3, 0.4) is 0 Å². The van der Waals surface area contributed by atoms with Crippen molar-refractivity contribution >= 4 is 11.9 Å². The topological polar surface area (TPSA) is 95.9 Å². The second-order valence-corrected chi connectivity index (χ2v) is 15.7. The van der Waals surface area contributed by atoms with Crippen molar-refractivity contribution in [3.05, 3.63) is 48.6 Å². The van der Waals surface area contributed by atoms with Gasteiger partial charge in [0.1, 0.15) is 0 Å². The van der Waals surface area contributed by atoms with E-state index in [-0.39, 0.29) is 18.5 Å². The average molecular weight is 772 g/mol. The number of rotatable bonds is 42. The Kier molecular flexibility index (Phi) is 42.8. The van der Waals surface area contributed by atoms with Crippen LogP contribution in [-0.2, 0) is 14.3 Å². The summed E-state index contributed by atoms with van der Waals surface area (Å²) < 4.78 is 5.40. The second-order valence-electron chi connectivity index (χ2n) is 15.7. The van der Waals surface area contributed by atoms with E-state index in [1.165, 1.54) is 109 Å². The first-order chi connectivity index (χ1) is 27.0. The highest BCUT2D eigenvalue weighted by Gasteiger charge is 2.18. The molecular formula is C49H89NO5. The zero-order chi connectivity index (χ0) is 40.1. The molecule has 0 aromatic heterocycles. The predicted octanol–water partition coefficient (Wildman–Crippen LogP) is 13.5. The second kappa shape index (κ2) is 44.5. The van der Waals surface area contributed by atoms with Crippen LogP contribution in [0.2, 0.25) is 0 Å². The van der Waals surface area contributed by atoms with Crippen molar-refractivity contribution in [3.63, 3.8) is 0 Å². The molecule has 6 heteroatoms. The van der Waals surface area contributed by atoms with Gasteiger partial charge in [0.15, 0.2) is 0 Å². The molecule has 0 aliphatic heterocycles. The fourth-order valence-corrected chi connectivity index (χ4v) is 6.66. The predicted molar refractivity (Wildman–Crippen MR) is 236 cm³/mol. The molecule has 0 saturated heterocycles. The molecule has 0 saturated carbocycles. The van der Waals surface area contributed by atoms with Crippen LogP contribution in [0.5, 0.6) is 0 Å². The van der Waals surface area contributed by atoms with Gasteiger partial charge in [-0.15, -0.1) is 0 Å². The Morgan fingerprint density at radius 2 is 0.945 bits per heavy atom. The third-order valence-electron chi connectivity index (χ3n) is 10.3. The molecule has 0 aliphatic rings. The van der Waals surface area contributed by atoms with E-state index in [0.29, 0.717) is 19.4 Å². The molecule has 2 atom stereocenters. The zero-order valence-electron chi connectivity index (χ0n) is 36.1. The Morgan fingerprint density at radius 1 is 0.509 bits per heavy atom. The van der Waals surface area contributed by atoms with Crippen molar-refractivity contribution in [2.75, 3.05) is 13.2 Å². The van der Waals surface area contributed by atoms with Gasteiger partial charge < -0.3 is 20.3 Å². The number of unbranched alkanes of at least 4 members (excludes halogenated alkanes) is 25. The molecule has 1 amide bonds. The summed E-state index contributed by atoms with van der Waals surface area (Å²) in [5.74, 6) is -0.162. The average Bonchev–Trinajstić information content (AvgIpc) is 3.18. The van der Waals surface area contributed by atoms with Crippen LogP contribution in [0.4, 0.5) is 0 Å². The van der Waals surface area contributed by atoms with Gasteiger partial charge in [0.2, 0.25) is 5.91 Å². The van der Waals surface area contributed by atoms with Crippen LogP contribution < -0.4 is 5.32 Å². The fraction of sp³-hybridized carbons (Fsp3) is 0.796. The molecule has 0 bridgehead atoms. The van der Waals surface area contributed by atoms with Gasteiger partial charge in [0.25, 0.3) is 0 Å². The van der Waals surface area contributed by atoms with Gasteiger partial charge in [0, 0.05) is 12.8 Å². The first-order valence-electron chi connectivity index (χ1n) is 23.4. The number of nitrogens with one attached hydrogen (secondary N) is 1. The fourth-order valence-electron chi connectivity index (χ4n) is 6.66. The number of allylic oxidation sites excluding steroid dienone is 7. The van der Waals surface area contributed by atoms with E-state index in [0.717, 1.165) is 89.9 Å². The highest BCUT2D eigenvalue weighted by molar-refractivity contribution is 5.76. The molecule has 0 rings (SSSR count). The van der Waals surface area contributed by atoms with Gasteiger partial charge in [-0.25, -0.2) is 0 Å². The molecule has 0 fully saturated rings. The number of carbonyl (C=O) groups is 2. The summed E-state index contributed by atoms with van der Waals surface area (Å²) in [4.78, 5) is 24.4. The van der Waals surface area contributed by atoms with Gasteiger partial charge in [-0.1, -0.05) is 178 Å². The summed E-state index contributed by atoms with van der Waals surface area (Å²) in [6, 6.07) is -0.654. The minimum Gasteiger partial charge on any atom is -0.466 e. The van der Waals surface area contributed by atoms with E-state index < -0.39 is 12.1 Å². The number of carbonyl (C=O) groups excluding carboxylic acids is 2. The van der Waals surface area contributed by atoms with Gasteiger partial charge in [0.05, 0.1) is 25.4 Å². The van der Waals surface area contributed by atoms with E-state index in [2.05, 4.69) is 55.6 Å². The first kappa shape index (κ1) is 52.8. The number of ether oxygens (including phenoxy) is 1. The quantitative estimate of drug-likeness (QED) is 0.0326. The molecule has 0 aromatic rings. The van der Waals surface area contributed by atoms with Gasteiger partial charge >= 0.3 is 5.97 Å². The van der Waals surface area contributed by atoms with Crippen LogP contribution in [-0.4, -0.2) is 47.4 Å². The number of aliphatic hydroxyl groups excluding tert-OH is 2. The molecule has 3 N–H and O–H groups in total. The maximum absolute atomic E-state index is 12.4. The highest BCUT2D eigenvalue weighted by atomic mass is 16.5. The lowest BCUT2D eigenvalue weighted by atomic mass is 10.0. The van der Waals surface area contributed by atoms with Crippen molar-refractivity contribution in [2.24, 2.45) is 0 Å². The van der Waals surface area contributed by atoms with Gasteiger partial charge in [-0.05, 0) is 83.5 Å². The molecule has 0 aliphatic carbocycles. The summed E-state index contributed by atoms with van der Waals surface area (Å²) >= 11 is 0. The number of esters is 1. The number of aliphatic hydroxyl groups is 2. The van der Waals surface area contributed by atoms with Crippen molar-refractivity contribution < 1.29 is 24.5 Å². The lowest BCUT2D eigenvalue weighted by molar-refractivity contribution is -0.143. The highest BCUT2D eigenvalue weighted by Crippen LogP contribution is 2.14. The van der Waals surface area contributed by atoms with Crippen LogP contribution in [0, 0.1) is 0 Å². The number of hydrogen-bond acceptors (Lipinski definition) is 5. The summed E-state index contributed by atoms with van der Waals surface area (Å²) in [5.41, 5.74) is 0. The molecule has 55 heavy (non-hydrogen) atoms. The Hall–Kier alpha value is -2.18. The van der Waals surface area contributed by atoms with Gasteiger partial charge in [-0.3, -0.25) is 9.59 Å². The van der Waals surface area contributed by atoms with E-state index >= 15 is 0 Å². The van der Waals surface area contributed by atoms with Crippen molar-refractivity contribution in [1.29, 1.82) is 0 Å². The van der Waals surface area contributed by atoms with E-state index in [1.807, 2.05) is 6.08 Å². The number of amides is 1. The zero-order valence-corrected chi connectivity index (χ0v) is 36.1. The normalized spacial score (nSPS) is 13.2. The van der Waals surface area contributed by atoms with Crippen LogP contribution in [0.15, 0.2) is 48.6 Å². The Labute approximate surface area is 340 Å². The Balaban J connectivity index is 3.61.